The van der Waals surface area contributed by atoms with E-state index in [1.807, 2.05) is 25.1 Å². The van der Waals surface area contributed by atoms with Gasteiger partial charge in [-0.3, -0.25) is 20.1 Å². The van der Waals surface area contributed by atoms with Crippen LogP contribution in [0.3, 0.4) is 0 Å². The molecule has 2 aromatic carbocycles. The maximum absolute atomic E-state index is 13.4. The summed E-state index contributed by atoms with van der Waals surface area (Å²) in [7, 11) is 0. The van der Waals surface area contributed by atoms with Crippen LogP contribution in [-0.2, 0) is 11.0 Å². The van der Waals surface area contributed by atoms with E-state index in [2.05, 4.69) is 27.2 Å². The molecule has 0 saturated carbocycles. The summed E-state index contributed by atoms with van der Waals surface area (Å²) in [5.41, 5.74) is 3.87. The second-order valence-electron chi connectivity index (χ2n) is 9.82. The molecule has 2 unspecified atom stereocenters. The molecule has 11 heteroatoms. The number of rotatable bonds is 8. The predicted octanol–water partition coefficient (Wildman–Crippen LogP) is 4.53. The number of ether oxygens (including phenoxy) is 1. The molecular weight excluding hydrogens is 517 g/mol. The van der Waals surface area contributed by atoms with Crippen molar-refractivity contribution < 1.29 is 27.9 Å². The molecule has 1 aromatic heterocycles. The van der Waals surface area contributed by atoms with Crippen molar-refractivity contribution in [3.8, 4) is 5.75 Å². The maximum atomic E-state index is 13.4. The van der Waals surface area contributed by atoms with E-state index in [1.165, 1.54) is 12.1 Å². The number of hydrogen-bond donors (Lipinski definition) is 2. The number of hydrogen-bond acceptors (Lipinski definition) is 8. The van der Waals surface area contributed by atoms with Crippen LogP contribution in [0.2, 0.25) is 0 Å². The minimum absolute atomic E-state index is 0.0958. The Hall–Kier alpha value is -2.70. The Labute approximate surface area is 223 Å². The van der Waals surface area contributed by atoms with E-state index in [9.17, 15) is 18.3 Å². The average Bonchev–Trinajstić information content (AvgIpc) is 3.49. The van der Waals surface area contributed by atoms with E-state index in [-0.39, 0.29) is 18.2 Å². The SMILES string of the molecule is Cc1nc2cc(OCC(O)CN3CCN(CC4=CC(c5ccccc5C(F)(F)F)ON4)C[C@@H]3C)ccc2s1. The lowest BCUT2D eigenvalue weighted by Gasteiger charge is -2.40. The number of benzene rings is 2. The summed E-state index contributed by atoms with van der Waals surface area (Å²) in [6.07, 6.45) is -4.16. The molecule has 2 aliphatic rings. The van der Waals surface area contributed by atoms with Gasteiger partial charge in [0.05, 0.1) is 26.5 Å². The topological polar surface area (TPSA) is 70.1 Å². The van der Waals surface area contributed by atoms with Crippen molar-refractivity contribution in [2.45, 2.75) is 38.3 Å². The van der Waals surface area contributed by atoms with Crippen LogP contribution >= 0.6 is 11.3 Å². The molecule has 7 nitrogen and oxygen atoms in total. The highest BCUT2D eigenvalue weighted by Gasteiger charge is 2.36. The molecule has 204 valence electrons. The van der Waals surface area contributed by atoms with Gasteiger partial charge in [0, 0.05) is 44.8 Å². The molecule has 1 saturated heterocycles. The Morgan fingerprint density at radius 1 is 1.24 bits per heavy atom. The second-order valence-corrected chi connectivity index (χ2v) is 11.1. The first-order chi connectivity index (χ1) is 18.2. The fraction of sp³-hybridized carbons (Fsp3) is 0.444. The Kier molecular flexibility index (Phi) is 7.92. The van der Waals surface area contributed by atoms with Crippen LogP contribution < -0.4 is 10.2 Å². The molecule has 2 N–H and O–H groups in total. The first-order valence-corrected chi connectivity index (χ1v) is 13.4. The molecular formula is C27H31F3N4O3S. The van der Waals surface area contributed by atoms with Crippen molar-refractivity contribution in [3.05, 3.63) is 70.4 Å². The first-order valence-electron chi connectivity index (χ1n) is 12.6. The van der Waals surface area contributed by atoms with Crippen LogP contribution in [0.1, 0.15) is 29.2 Å². The second kappa shape index (κ2) is 11.2. The Morgan fingerprint density at radius 2 is 2.05 bits per heavy atom. The predicted molar refractivity (Wildman–Crippen MR) is 140 cm³/mol. The number of thiazole rings is 1. The number of fused-ring (bicyclic) bond motifs is 1. The van der Waals surface area contributed by atoms with Crippen molar-refractivity contribution >= 4 is 21.6 Å². The van der Waals surface area contributed by atoms with Gasteiger partial charge in [-0.25, -0.2) is 4.98 Å². The van der Waals surface area contributed by atoms with Gasteiger partial charge in [0.15, 0.2) is 0 Å². The molecule has 0 spiro atoms. The number of halogens is 3. The zero-order valence-corrected chi connectivity index (χ0v) is 22.1. The molecule has 0 amide bonds. The van der Waals surface area contributed by atoms with Crippen LogP contribution in [0.5, 0.6) is 5.75 Å². The van der Waals surface area contributed by atoms with Gasteiger partial charge >= 0.3 is 6.18 Å². The summed E-state index contributed by atoms with van der Waals surface area (Å²) in [6.45, 7) is 7.59. The lowest BCUT2D eigenvalue weighted by Crippen LogP contribution is -2.54. The zero-order valence-electron chi connectivity index (χ0n) is 21.2. The van der Waals surface area contributed by atoms with Crippen molar-refractivity contribution in [3.63, 3.8) is 0 Å². The van der Waals surface area contributed by atoms with E-state index in [0.717, 1.165) is 46.6 Å². The Morgan fingerprint density at radius 3 is 2.84 bits per heavy atom. The fourth-order valence-corrected chi connectivity index (χ4v) is 5.79. The molecule has 3 aromatic rings. The Bertz CT molecular complexity index is 1300. The first kappa shape index (κ1) is 26.9. The molecule has 38 heavy (non-hydrogen) atoms. The zero-order chi connectivity index (χ0) is 26.9. The smallest absolute Gasteiger partial charge is 0.416 e. The number of aryl methyl sites for hydroxylation is 1. The minimum atomic E-state index is -4.44. The molecule has 0 bridgehead atoms. The van der Waals surface area contributed by atoms with E-state index >= 15 is 0 Å². The fourth-order valence-electron chi connectivity index (χ4n) is 4.99. The molecule has 5 rings (SSSR count). The van der Waals surface area contributed by atoms with Gasteiger partial charge in [0.1, 0.15) is 24.6 Å². The van der Waals surface area contributed by atoms with Crippen LogP contribution in [0, 0.1) is 6.92 Å². The largest absolute Gasteiger partial charge is 0.491 e. The van der Waals surface area contributed by atoms with Crippen molar-refractivity contribution in [1.82, 2.24) is 20.3 Å². The number of nitrogens with zero attached hydrogens (tertiary/aromatic N) is 3. The Balaban J connectivity index is 1.10. The summed E-state index contributed by atoms with van der Waals surface area (Å²) >= 11 is 1.64. The number of aliphatic hydroxyl groups is 1. The van der Waals surface area contributed by atoms with Crippen LogP contribution in [0.25, 0.3) is 10.2 Å². The third-order valence-corrected chi connectivity index (χ3v) is 7.79. The minimum Gasteiger partial charge on any atom is -0.491 e. The van der Waals surface area contributed by atoms with E-state index in [4.69, 9.17) is 9.57 Å². The highest BCUT2D eigenvalue weighted by Crippen LogP contribution is 2.37. The van der Waals surface area contributed by atoms with E-state index in [1.54, 1.807) is 23.5 Å². The van der Waals surface area contributed by atoms with Crippen molar-refractivity contribution in [2.24, 2.45) is 0 Å². The lowest BCUT2D eigenvalue weighted by molar-refractivity contribution is -0.139. The number of aliphatic hydroxyl groups excluding tert-OH is 1. The van der Waals surface area contributed by atoms with Gasteiger partial charge in [0.25, 0.3) is 0 Å². The lowest BCUT2D eigenvalue weighted by atomic mass is 10.0. The van der Waals surface area contributed by atoms with Gasteiger partial charge in [-0.2, -0.15) is 13.2 Å². The molecule has 0 aliphatic carbocycles. The van der Waals surface area contributed by atoms with Crippen LogP contribution in [0.4, 0.5) is 13.2 Å². The standard InChI is InChI=1S/C27H31F3N4O3S/c1-17-13-33(14-19-11-25(37-32-19)22-5-3-4-6-23(22)27(28,29)30)9-10-34(17)15-20(35)16-36-21-7-8-26-24(12-21)31-18(2)38-26/h3-8,11-12,17,20,25,32,35H,9-10,13-16H2,1-2H3/t17-,20?,25?/m0/s1. The summed E-state index contributed by atoms with van der Waals surface area (Å²) in [5.74, 6) is 0.690. The third kappa shape index (κ3) is 6.29. The normalized spacial score (nSPS) is 21.9. The van der Waals surface area contributed by atoms with Crippen molar-refractivity contribution in [1.29, 1.82) is 0 Å². The molecule has 3 atom stereocenters. The highest BCUT2D eigenvalue weighted by atomic mass is 32.1. The summed E-state index contributed by atoms with van der Waals surface area (Å²) in [5, 5.41) is 11.6. The summed E-state index contributed by atoms with van der Waals surface area (Å²) in [6, 6.07) is 11.5. The van der Waals surface area contributed by atoms with Gasteiger partial charge in [-0.1, -0.05) is 18.2 Å². The van der Waals surface area contributed by atoms with Gasteiger partial charge in [0.2, 0.25) is 0 Å². The maximum Gasteiger partial charge on any atom is 0.416 e. The number of nitrogens with one attached hydrogen (secondary N) is 1. The molecule has 3 heterocycles. The van der Waals surface area contributed by atoms with Gasteiger partial charge in [-0.05, 0) is 43.7 Å². The number of alkyl halides is 3. The molecule has 1 fully saturated rings. The number of hydroxylamine groups is 1. The van der Waals surface area contributed by atoms with E-state index in [0.29, 0.717) is 18.8 Å². The molecule has 0 radical (unpaired) electrons. The van der Waals surface area contributed by atoms with Crippen molar-refractivity contribution in [2.75, 3.05) is 39.3 Å². The summed E-state index contributed by atoms with van der Waals surface area (Å²) in [4.78, 5) is 14.4. The van der Waals surface area contributed by atoms with Crippen LogP contribution in [-0.4, -0.2) is 71.4 Å². The highest BCUT2D eigenvalue weighted by molar-refractivity contribution is 7.18. The number of β-amino-alcohol motifs (C(OH)–C–C–N with tert-alkyl or cyclic N) is 1. The van der Waals surface area contributed by atoms with Gasteiger partial charge in [-0.15, -0.1) is 11.3 Å². The third-order valence-electron chi connectivity index (χ3n) is 6.84. The molecule has 2 aliphatic heterocycles. The van der Waals surface area contributed by atoms with Crippen LogP contribution in [0.15, 0.2) is 54.2 Å². The monoisotopic (exact) mass is 548 g/mol. The summed E-state index contributed by atoms with van der Waals surface area (Å²) < 4.78 is 47.1. The van der Waals surface area contributed by atoms with E-state index < -0.39 is 23.9 Å². The average molecular weight is 549 g/mol. The number of aromatic nitrogens is 1. The quantitative estimate of drug-likeness (QED) is 0.429. The van der Waals surface area contributed by atoms with Gasteiger partial charge < -0.3 is 9.84 Å². The number of piperazine rings is 1.